The molecule has 0 saturated heterocycles. The Balaban J connectivity index is 2.44. The first kappa shape index (κ1) is 11.0. The van der Waals surface area contributed by atoms with Gasteiger partial charge in [0.05, 0.1) is 12.8 Å². The molecule has 0 fully saturated rings. The lowest BCUT2D eigenvalue weighted by Gasteiger charge is -1.98. The van der Waals surface area contributed by atoms with Crippen LogP contribution in [0.4, 0.5) is 4.79 Å². The highest BCUT2D eigenvalue weighted by Crippen LogP contribution is 2.07. The van der Waals surface area contributed by atoms with Crippen LogP contribution in [-0.2, 0) is 4.74 Å². The molecule has 2 N–H and O–H groups in total. The molecule has 5 nitrogen and oxygen atoms in total. The van der Waals surface area contributed by atoms with E-state index in [1.807, 2.05) is 0 Å². The van der Waals surface area contributed by atoms with Crippen molar-refractivity contribution in [2.75, 3.05) is 6.61 Å². The lowest BCUT2D eigenvalue weighted by molar-refractivity contribution is 0.152. The molecule has 0 atom stereocenters. The minimum atomic E-state index is -0.590. The normalized spacial score (nSPS) is 10.2. The summed E-state index contributed by atoms with van der Waals surface area (Å²) in [6.45, 7) is 2.02. The van der Waals surface area contributed by atoms with Gasteiger partial charge in [-0.1, -0.05) is 0 Å². The molecular weight excluding hydrogens is 196 g/mol. The molecule has 80 valence electrons. The lowest BCUT2D eigenvalue weighted by Crippen LogP contribution is -2.18. The second-order valence-corrected chi connectivity index (χ2v) is 2.68. The van der Waals surface area contributed by atoms with Gasteiger partial charge in [-0.05, 0) is 36.8 Å². The van der Waals surface area contributed by atoms with Crippen LogP contribution >= 0.6 is 0 Å². The molecule has 0 aliphatic rings. The largest absolute Gasteiger partial charge is 0.508 e. The molecular formula is C10H12N2O3. The third kappa shape index (κ3) is 4.12. The minimum absolute atomic E-state index is 0.186. The van der Waals surface area contributed by atoms with Gasteiger partial charge in [0.1, 0.15) is 5.75 Å². The smallest absolute Gasteiger partial charge is 0.427 e. The molecule has 0 spiro atoms. The molecule has 0 aromatic heterocycles. The summed E-state index contributed by atoms with van der Waals surface area (Å²) < 4.78 is 4.60. The van der Waals surface area contributed by atoms with E-state index in [0.717, 1.165) is 5.56 Å². The van der Waals surface area contributed by atoms with Gasteiger partial charge in [-0.3, -0.25) is 0 Å². The van der Waals surface area contributed by atoms with Crippen molar-refractivity contribution in [2.24, 2.45) is 5.10 Å². The molecule has 1 aromatic rings. The standard InChI is InChI=1S/C10H12N2O3/c1-2-15-10(14)12-11-7-8-3-5-9(13)6-4-8/h3-7,13H,2H2,1H3,(H,12,14)/b11-7+. The number of ether oxygens (including phenoxy) is 1. The van der Waals surface area contributed by atoms with Crippen LogP contribution in [0.15, 0.2) is 29.4 Å². The minimum Gasteiger partial charge on any atom is -0.508 e. The molecule has 1 aromatic carbocycles. The second-order valence-electron chi connectivity index (χ2n) is 2.68. The first-order valence-corrected chi connectivity index (χ1v) is 4.47. The van der Waals surface area contributed by atoms with Gasteiger partial charge in [0, 0.05) is 0 Å². The monoisotopic (exact) mass is 208 g/mol. The van der Waals surface area contributed by atoms with Crippen LogP contribution in [0.25, 0.3) is 0 Å². The van der Waals surface area contributed by atoms with Crippen LogP contribution in [0.5, 0.6) is 5.75 Å². The summed E-state index contributed by atoms with van der Waals surface area (Å²) in [5.74, 6) is 0.186. The zero-order valence-corrected chi connectivity index (χ0v) is 8.30. The number of nitrogens with zero attached hydrogens (tertiary/aromatic N) is 1. The number of rotatable bonds is 3. The van der Waals surface area contributed by atoms with Crippen molar-refractivity contribution in [3.8, 4) is 5.75 Å². The number of benzene rings is 1. The van der Waals surface area contributed by atoms with Crippen molar-refractivity contribution >= 4 is 12.3 Å². The van der Waals surface area contributed by atoms with Crippen LogP contribution in [0.3, 0.4) is 0 Å². The maximum atomic E-state index is 10.8. The Kier molecular flexibility index (Phi) is 4.15. The maximum absolute atomic E-state index is 10.8. The van der Waals surface area contributed by atoms with Gasteiger partial charge >= 0.3 is 6.09 Å². The summed E-state index contributed by atoms with van der Waals surface area (Å²) in [4.78, 5) is 10.8. The van der Waals surface area contributed by atoms with Gasteiger partial charge in [0.2, 0.25) is 0 Å². The molecule has 1 rings (SSSR count). The topological polar surface area (TPSA) is 70.9 Å². The first-order valence-electron chi connectivity index (χ1n) is 4.47. The van der Waals surface area contributed by atoms with Crippen molar-refractivity contribution in [1.82, 2.24) is 5.43 Å². The molecule has 0 heterocycles. The molecule has 1 amide bonds. The second kappa shape index (κ2) is 5.64. The summed E-state index contributed by atoms with van der Waals surface area (Å²) in [7, 11) is 0. The van der Waals surface area contributed by atoms with E-state index >= 15 is 0 Å². The Morgan fingerprint density at radius 2 is 2.20 bits per heavy atom. The van der Waals surface area contributed by atoms with Gasteiger partial charge in [-0.15, -0.1) is 0 Å². The Morgan fingerprint density at radius 3 is 2.80 bits per heavy atom. The van der Waals surface area contributed by atoms with Crippen molar-refractivity contribution in [1.29, 1.82) is 0 Å². The Labute approximate surface area is 87.4 Å². The van der Waals surface area contributed by atoms with Gasteiger partial charge in [0.15, 0.2) is 0 Å². The Hall–Kier alpha value is -2.04. The third-order valence-corrected chi connectivity index (χ3v) is 1.54. The average molecular weight is 208 g/mol. The van der Waals surface area contributed by atoms with Crippen molar-refractivity contribution in [2.45, 2.75) is 6.92 Å². The summed E-state index contributed by atoms with van der Waals surface area (Å²) in [6, 6.07) is 6.41. The molecule has 15 heavy (non-hydrogen) atoms. The fourth-order valence-electron chi connectivity index (χ4n) is 0.883. The highest BCUT2D eigenvalue weighted by molar-refractivity contribution is 5.80. The fourth-order valence-corrected chi connectivity index (χ4v) is 0.883. The maximum Gasteiger partial charge on any atom is 0.427 e. The number of aromatic hydroxyl groups is 1. The Morgan fingerprint density at radius 1 is 1.53 bits per heavy atom. The van der Waals surface area contributed by atoms with Crippen LogP contribution in [-0.4, -0.2) is 24.0 Å². The van der Waals surface area contributed by atoms with Gasteiger partial charge in [-0.25, -0.2) is 10.2 Å². The summed E-state index contributed by atoms with van der Waals surface area (Å²) >= 11 is 0. The average Bonchev–Trinajstić information content (AvgIpc) is 2.21. The zero-order chi connectivity index (χ0) is 11.1. The first-order chi connectivity index (χ1) is 7.22. The molecule has 0 radical (unpaired) electrons. The predicted molar refractivity (Wildman–Crippen MR) is 55.9 cm³/mol. The predicted octanol–water partition coefficient (Wildman–Crippen LogP) is 1.47. The number of amides is 1. The Bertz CT molecular complexity index is 346. The van der Waals surface area contributed by atoms with E-state index in [1.165, 1.54) is 18.3 Å². The number of hydrazone groups is 1. The van der Waals surface area contributed by atoms with Gasteiger partial charge in [0.25, 0.3) is 0 Å². The number of phenols is 1. The number of carbonyl (C=O) groups excluding carboxylic acids is 1. The third-order valence-electron chi connectivity index (χ3n) is 1.54. The number of hydrogen-bond donors (Lipinski definition) is 2. The summed E-state index contributed by atoms with van der Waals surface area (Å²) in [6.07, 6.45) is 0.864. The van der Waals surface area contributed by atoms with Crippen molar-refractivity contribution in [3.05, 3.63) is 29.8 Å². The number of hydrogen-bond acceptors (Lipinski definition) is 4. The van der Waals surface area contributed by atoms with E-state index < -0.39 is 6.09 Å². The van der Waals surface area contributed by atoms with Crippen LogP contribution in [0.1, 0.15) is 12.5 Å². The van der Waals surface area contributed by atoms with E-state index in [1.54, 1.807) is 19.1 Å². The van der Waals surface area contributed by atoms with Gasteiger partial charge < -0.3 is 9.84 Å². The van der Waals surface area contributed by atoms with E-state index in [-0.39, 0.29) is 5.75 Å². The quantitative estimate of drug-likeness (QED) is 0.583. The van der Waals surface area contributed by atoms with E-state index in [4.69, 9.17) is 5.11 Å². The van der Waals surface area contributed by atoms with Crippen LogP contribution in [0.2, 0.25) is 0 Å². The molecule has 0 bridgehead atoms. The van der Waals surface area contributed by atoms with Crippen molar-refractivity contribution < 1.29 is 14.6 Å². The van der Waals surface area contributed by atoms with Crippen LogP contribution in [0, 0.1) is 0 Å². The highest BCUT2D eigenvalue weighted by Gasteiger charge is 1.95. The molecule has 0 saturated carbocycles. The zero-order valence-electron chi connectivity index (χ0n) is 8.30. The summed E-state index contributed by atoms with van der Waals surface area (Å²) in [5.41, 5.74) is 2.96. The van der Waals surface area contributed by atoms with E-state index in [9.17, 15) is 4.79 Å². The lowest BCUT2D eigenvalue weighted by atomic mass is 10.2. The molecule has 0 aliphatic carbocycles. The molecule has 0 unspecified atom stereocenters. The number of phenolic OH excluding ortho intramolecular Hbond substituents is 1. The molecule has 5 heteroatoms. The van der Waals surface area contributed by atoms with E-state index in [0.29, 0.717) is 6.61 Å². The van der Waals surface area contributed by atoms with E-state index in [2.05, 4.69) is 15.3 Å². The van der Waals surface area contributed by atoms with Crippen molar-refractivity contribution in [3.63, 3.8) is 0 Å². The summed E-state index contributed by atoms with van der Waals surface area (Å²) in [5, 5.41) is 12.7. The number of nitrogens with one attached hydrogen (secondary N) is 1. The SMILES string of the molecule is CCOC(=O)N/N=C/c1ccc(O)cc1. The molecule has 0 aliphatic heterocycles. The highest BCUT2D eigenvalue weighted by atomic mass is 16.5. The van der Waals surface area contributed by atoms with Gasteiger partial charge in [-0.2, -0.15) is 5.10 Å². The van der Waals surface area contributed by atoms with Crippen LogP contribution < -0.4 is 5.43 Å². The fraction of sp³-hybridized carbons (Fsp3) is 0.200. The number of carbonyl (C=O) groups is 1.